The van der Waals surface area contributed by atoms with Crippen LogP contribution in [0, 0.1) is 5.92 Å². The summed E-state index contributed by atoms with van der Waals surface area (Å²) in [4.78, 5) is 21.9. The third kappa shape index (κ3) is 2.47. The Hall–Kier alpha value is -2.96. The van der Waals surface area contributed by atoms with Crippen molar-refractivity contribution in [1.29, 1.82) is 0 Å². The summed E-state index contributed by atoms with van der Waals surface area (Å²) in [5.74, 6) is -0.548. The molecular formula is C17H16N4O3. The van der Waals surface area contributed by atoms with Crippen LogP contribution < -0.4 is 4.90 Å². The van der Waals surface area contributed by atoms with Crippen molar-refractivity contribution >= 4 is 22.9 Å². The van der Waals surface area contributed by atoms with E-state index in [1.54, 1.807) is 0 Å². The molecule has 1 unspecified atom stereocenters. The molecule has 0 amide bonds. The Labute approximate surface area is 137 Å². The highest BCUT2D eigenvalue weighted by Crippen LogP contribution is 2.32. The summed E-state index contributed by atoms with van der Waals surface area (Å²) < 4.78 is 5.52. The van der Waals surface area contributed by atoms with Gasteiger partial charge >= 0.3 is 5.97 Å². The number of carboxylic acid groups (broad SMARTS) is 1. The Balaban J connectivity index is 1.75. The van der Waals surface area contributed by atoms with Crippen LogP contribution >= 0.6 is 0 Å². The zero-order chi connectivity index (χ0) is 16.5. The number of nitrogens with zero attached hydrogens (tertiary/aromatic N) is 4. The molecule has 1 atom stereocenters. The molecule has 3 aromatic rings. The molecule has 0 bridgehead atoms. The third-order valence-electron chi connectivity index (χ3n) is 4.35. The fourth-order valence-electron chi connectivity index (χ4n) is 3.13. The second-order valence-electron chi connectivity index (χ2n) is 5.90. The fraction of sp³-hybridized carbons (Fsp3) is 0.294. The van der Waals surface area contributed by atoms with E-state index in [-0.39, 0.29) is 5.92 Å². The number of benzene rings is 1. The van der Waals surface area contributed by atoms with E-state index in [2.05, 4.69) is 15.1 Å². The number of carboxylic acids is 1. The smallest absolute Gasteiger partial charge is 0.308 e. The summed E-state index contributed by atoms with van der Waals surface area (Å²) in [7, 11) is 0. The van der Waals surface area contributed by atoms with E-state index in [0.29, 0.717) is 35.6 Å². The first-order valence-electron chi connectivity index (χ1n) is 7.87. The summed E-state index contributed by atoms with van der Waals surface area (Å²) >= 11 is 0. The zero-order valence-corrected chi connectivity index (χ0v) is 12.9. The van der Waals surface area contributed by atoms with E-state index in [1.807, 2.05) is 35.2 Å². The molecule has 7 nitrogen and oxygen atoms in total. The average Bonchev–Trinajstić information content (AvgIpc) is 3.06. The van der Waals surface area contributed by atoms with Crippen LogP contribution in [0.3, 0.4) is 0 Å². The summed E-state index contributed by atoms with van der Waals surface area (Å²) in [6.07, 6.45) is 2.97. The van der Waals surface area contributed by atoms with Gasteiger partial charge in [-0.2, -0.15) is 0 Å². The Bertz CT molecular complexity index is 878. The molecule has 0 spiro atoms. The lowest BCUT2D eigenvalue weighted by molar-refractivity contribution is -0.141. The van der Waals surface area contributed by atoms with Crippen molar-refractivity contribution in [1.82, 2.24) is 15.1 Å². The molecule has 4 rings (SSSR count). The van der Waals surface area contributed by atoms with E-state index in [4.69, 9.17) is 4.52 Å². The van der Waals surface area contributed by atoms with E-state index >= 15 is 0 Å². The van der Waals surface area contributed by atoms with Gasteiger partial charge in [-0.3, -0.25) is 4.79 Å². The standard InChI is InChI=1S/C17H16N4O3/c22-17(23)12-7-4-8-21(9-12)16-15-14(18-10-19-16)13(20-24-15)11-5-2-1-3-6-11/h1-3,5-6,10,12H,4,7-9H2,(H,22,23). The van der Waals surface area contributed by atoms with E-state index in [1.165, 1.54) is 6.33 Å². The highest BCUT2D eigenvalue weighted by atomic mass is 16.5. The number of piperidine rings is 1. The molecule has 1 saturated heterocycles. The molecule has 7 heteroatoms. The number of anilines is 1. The molecule has 1 aliphatic heterocycles. The normalized spacial score (nSPS) is 18.0. The second kappa shape index (κ2) is 5.92. The van der Waals surface area contributed by atoms with Crippen LogP contribution in [0.15, 0.2) is 41.2 Å². The molecule has 0 aliphatic carbocycles. The van der Waals surface area contributed by atoms with Crippen LogP contribution in [0.2, 0.25) is 0 Å². The van der Waals surface area contributed by atoms with Crippen LogP contribution in [-0.2, 0) is 4.79 Å². The van der Waals surface area contributed by atoms with Gasteiger partial charge in [0, 0.05) is 18.7 Å². The van der Waals surface area contributed by atoms with Gasteiger partial charge in [0.2, 0.25) is 5.58 Å². The number of aliphatic carboxylic acids is 1. The monoisotopic (exact) mass is 324 g/mol. The molecule has 24 heavy (non-hydrogen) atoms. The maximum absolute atomic E-state index is 11.3. The number of rotatable bonds is 3. The lowest BCUT2D eigenvalue weighted by atomic mass is 9.98. The summed E-state index contributed by atoms with van der Waals surface area (Å²) in [6.45, 7) is 1.17. The van der Waals surface area contributed by atoms with Gasteiger partial charge in [-0.25, -0.2) is 9.97 Å². The van der Waals surface area contributed by atoms with E-state index < -0.39 is 5.97 Å². The number of aromatic nitrogens is 3. The fourth-order valence-corrected chi connectivity index (χ4v) is 3.13. The Kier molecular flexibility index (Phi) is 3.60. The first-order valence-corrected chi connectivity index (χ1v) is 7.87. The van der Waals surface area contributed by atoms with Gasteiger partial charge in [-0.15, -0.1) is 0 Å². The van der Waals surface area contributed by atoms with Crippen molar-refractivity contribution in [2.75, 3.05) is 18.0 Å². The predicted octanol–water partition coefficient (Wildman–Crippen LogP) is 2.59. The highest BCUT2D eigenvalue weighted by molar-refractivity contribution is 5.93. The number of hydrogen-bond acceptors (Lipinski definition) is 6. The minimum absolute atomic E-state index is 0.389. The molecular weight excluding hydrogens is 308 g/mol. The SMILES string of the molecule is O=C(O)C1CCCN(c2ncnc3c(-c4ccccc4)noc23)C1. The van der Waals surface area contributed by atoms with Crippen molar-refractivity contribution in [3.63, 3.8) is 0 Å². The molecule has 1 aromatic carbocycles. The summed E-state index contributed by atoms with van der Waals surface area (Å²) in [5, 5.41) is 13.4. The average molecular weight is 324 g/mol. The van der Waals surface area contributed by atoms with Crippen LogP contribution in [0.25, 0.3) is 22.4 Å². The molecule has 0 saturated carbocycles. The van der Waals surface area contributed by atoms with Crippen LogP contribution in [-0.4, -0.2) is 39.3 Å². The zero-order valence-electron chi connectivity index (χ0n) is 12.9. The second-order valence-corrected chi connectivity index (χ2v) is 5.90. The van der Waals surface area contributed by atoms with Crippen molar-refractivity contribution in [2.24, 2.45) is 5.92 Å². The minimum Gasteiger partial charge on any atom is -0.481 e. The van der Waals surface area contributed by atoms with Crippen LogP contribution in [0.1, 0.15) is 12.8 Å². The number of fused-ring (bicyclic) bond motifs is 1. The third-order valence-corrected chi connectivity index (χ3v) is 4.35. The van der Waals surface area contributed by atoms with Crippen molar-refractivity contribution < 1.29 is 14.4 Å². The maximum Gasteiger partial charge on any atom is 0.308 e. The predicted molar refractivity (Wildman–Crippen MR) is 87.6 cm³/mol. The highest BCUT2D eigenvalue weighted by Gasteiger charge is 2.28. The molecule has 1 N–H and O–H groups in total. The first-order chi connectivity index (χ1) is 11.7. The summed E-state index contributed by atoms with van der Waals surface area (Å²) in [5.41, 5.74) is 2.73. The molecule has 2 aromatic heterocycles. The van der Waals surface area contributed by atoms with Gasteiger partial charge in [-0.05, 0) is 12.8 Å². The van der Waals surface area contributed by atoms with Gasteiger partial charge < -0.3 is 14.5 Å². The van der Waals surface area contributed by atoms with Gasteiger partial charge in [-0.1, -0.05) is 35.5 Å². The van der Waals surface area contributed by atoms with E-state index in [0.717, 1.165) is 18.5 Å². The van der Waals surface area contributed by atoms with E-state index in [9.17, 15) is 9.90 Å². The first kappa shape index (κ1) is 14.6. The molecule has 0 radical (unpaired) electrons. The van der Waals surface area contributed by atoms with Gasteiger partial charge in [0.15, 0.2) is 5.82 Å². The van der Waals surface area contributed by atoms with Gasteiger partial charge in [0.1, 0.15) is 17.5 Å². The molecule has 3 heterocycles. The lowest BCUT2D eigenvalue weighted by Gasteiger charge is -2.31. The van der Waals surface area contributed by atoms with Crippen LogP contribution in [0.4, 0.5) is 5.82 Å². The Morgan fingerprint density at radius 2 is 2.08 bits per heavy atom. The Morgan fingerprint density at radius 1 is 1.25 bits per heavy atom. The summed E-state index contributed by atoms with van der Waals surface area (Å²) in [6, 6.07) is 9.69. The van der Waals surface area contributed by atoms with Crippen molar-refractivity contribution in [2.45, 2.75) is 12.8 Å². The molecule has 1 fully saturated rings. The Morgan fingerprint density at radius 3 is 2.88 bits per heavy atom. The number of carbonyl (C=O) groups is 1. The minimum atomic E-state index is -0.771. The van der Waals surface area contributed by atoms with Gasteiger partial charge in [0.25, 0.3) is 0 Å². The largest absolute Gasteiger partial charge is 0.481 e. The maximum atomic E-state index is 11.3. The lowest BCUT2D eigenvalue weighted by Crippen LogP contribution is -2.39. The number of hydrogen-bond donors (Lipinski definition) is 1. The van der Waals surface area contributed by atoms with Crippen LogP contribution in [0.5, 0.6) is 0 Å². The van der Waals surface area contributed by atoms with Gasteiger partial charge in [0.05, 0.1) is 5.92 Å². The van der Waals surface area contributed by atoms with Crippen molar-refractivity contribution in [3.05, 3.63) is 36.7 Å². The quantitative estimate of drug-likeness (QED) is 0.791. The molecule has 122 valence electrons. The topological polar surface area (TPSA) is 92.3 Å². The van der Waals surface area contributed by atoms with Crippen molar-refractivity contribution in [3.8, 4) is 11.3 Å². The molecule has 1 aliphatic rings.